The number of carbonyl (C=O) groups is 2. The molecule has 2 aromatic rings. The molecule has 9 heteroatoms. The van der Waals surface area contributed by atoms with E-state index in [0.29, 0.717) is 28.5 Å². The molecule has 0 spiro atoms. The number of halogens is 1. The van der Waals surface area contributed by atoms with Crippen LogP contribution in [0.3, 0.4) is 0 Å². The first-order chi connectivity index (χ1) is 15.0. The van der Waals surface area contributed by atoms with Crippen LogP contribution in [0.2, 0.25) is 0 Å². The van der Waals surface area contributed by atoms with E-state index in [1.165, 1.54) is 20.4 Å². The van der Waals surface area contributed by atoms with Gasteiger partial charge in [-0.05, 0) is 52.4 Å². The van der Waals surface area contributed by atoms with Gasteiger partial charge in [-0.15, -0.1) is 6.42 Å². The lowest BCUT2D eigenvalue weighted by Crippen LogP contribution is -2.20. The molecule has 2 rings (SSSR count). The van der Waals surface area contributed by atoms with E-state index in [9.17, 15) is 9.59 Å². The van der Waals surface area contributed by atoms with Crippen LogP contribution >= 0.6 is 22.6 Å². The van der Waals surface area contributed by atoms with E-state index in [4.69, 9.17) is 20.6 Å². The van der Waals surface area contributed by atoms with Gasteiger partial charge in [-0.1, -0.05) is 18.1 Å². The number of amides is 2. The molecular weight excluding hydrogens is 513 g/mol. The van der Waals surface area contributed by atoms with Gasteiger partial charge in [0.05, 0.1) is 29.7 Å². The summed E-state index contributed by atoms with van der Waals surface area (Å²) in [6.07, 6.45) is 6.69. The summed E-state index contributed by atoms with van der Waals surface area (Å²) in [5.41, 5.74) is 3.65. The molecule has 8 nitrogen and oxygen atoms in total. The largest absolute Gasteiger partial charge is 0.495 e. The molecule has 0 fully saturated rings. The van der Waals surface area contributed by atoms with Crippen LogP contribution < -0.4 is 25.0 Å². The lowest BCUT2D eigenvalue weighted by molar-refractivity contribution is -0.124. The van der Waals surface area contributed by atoms with Crippen LogP contribution in [0.25, 0.3) is 0 Å². The van der Waals surface area contributed by atoms with Gasteiger partial charge in [0.2, 0.25) is 11.8 Å². The number of ether oxygens (including phenoxy) is 3. The van der Waals surface area contributed by atoms with Crippen molar-refractivity contribution in [2.24, 2.45) is 5.10 Å². The first kappa shape index (κ1) is 24.0. The van der Waals surface area contributed by atoms with Gasteiger partial charge in [0.1, 0.15) is 12.4 Å². The summed E-state index contributed by atoms with van der Waals surface area (Å²) in [6.45, 7) is 0.125. The van der Waals surface area contributed by atoms with Crippen LogP contribution in [0, 0.1) is 15.9 Å². The minimum absolute atomic E-state index is 0.00629. The maximum atomic E-state index is 12.1. The third kappa shape index (κ3) is 7.49. The Hall–Kier alpha value is -3.26. The monoisotopic (exact) mass is 535 g/mol. The number of methoxy groups -OCH3 is 2. The predicted molar refractivity (Wildman–Crippen MR) is 127 cm³/mol. The van der Waals surface area contributed by atoms with Crippen molar-refractivity contribution >= 4 is 46.3 Å². The quantitative estimate of drug-likeness (QED) is 0.211. The zero-order valence-corrected chi connectivity index (χ0v) is 19.3. The van der Waals surface area contributed by atoms with Crippen LogP contribution in [-0.4, -0.2) is 38.9 Å². The van der Waals surface area contributed by atoms with E-state index in [1.807, 2.05) is 6.07 Å². The summed E-state index contributed by atoms with van der Waals surface area (Å²) < 4.78 is 16.8. The second kappa shape index (κ2) is 12.4. The number of para-hydroxylation sites is 2. The highest BCUT2D eigenvalue weighted by molar-refractivity contribution is 14.1. The standard InChI is InChI=1S/C22H22IN3O5/c1-4-11-31-22-16(23)12-15(13-19(22)30-3)14-24-26-21(28)10-9-20(27)25-17-7-5-6-8-18(17)29-2/h1,5-8,12-14H,9-11H2,2-3H3,(H,25,27)(H,26,28). The highest BCUT2D eigenvalue weighted by Gasteiger charge is 2.11. The number of nitrogens with one attached hydrogen (secondary N) is 2. The van der Waals surface area contributed by atoms with Crippen LogP contribution in [0.15, 0.2) is 41.5 Å². The number of benzene rings is 2. The predicted octanol–water partition coefficient (Wildman–Crippen LogP) is 3.19. The van der Waals surface area contributed by atoms with Gasteiger partial charge in [0.15, 0.2) is 11.5 Å². The number of hydrazone groups is 1. The molecule has 0 aliphatic carbocycles. The van der Waals surface area contributed by atoms with Gasteiger partial charge in [-0.25, -0.2) is 5.43 Å². The molecular formula is C22H22IN3O5. The molecule has 2 N–H and O–H groups in total. The van der Waals surface area contributed by atoms with Crippen molar-refractivity contribution < 1.29 is 23.8 Å². The fourth-order valence-electron chi connectivity index (χ4n) is 2.49. The van der Waals surface area contributed by atoms with Crippen molar-refractivity contribution in [3.8, 4) is 29.6 Å². The fourth-order valence-corrected chi connectivity index (χ4v) is 3.27. The Morgan fingerprint density at radius 2 is 1.84 bits per heavy atom. The molecule has 0 aliphatic rings. The fraction of sp³-hybridized carbons (Fsp3) is 0.227. The number of anilines is 1. The van der Waals surface area contributed by atoms with Crippen LogP contribution in [0.4, 0.5) is 5.69 Å². The molecule has 0 radical (unpaired) electrons. The molecule has 0 unspecified atom stereocenters. The lowest BCUT2D eigenvalue weighted by atomic mass is 10.2. The molecule has 2 amide bonds. The topological polar surface area (TPSA) is 98.2 Å². The average molecular weight is 535 g/mol. The summed E-state index contributed by atoms with van der Waals surface area (Å²) in [5.74, 6) is 3.31. The van der Waals surface area contributed by atoms with Gasteiger partial charge < -0.3 is 19.5 Å². The van der Waals surface area contributed by atoms with Gasteiger partial charge in [0, 0.05) is 12.8 Å². The van der Waals surface area contributed by atoms with Gasteiger partial charge in [0.25, 0.3) is 0 Å². The zero-order chi connectivity index (χ0) is 22.6. The van der Waals surface area contributed by atoms with Crippen LogP contribution in [0.5, 0.6) is 17.2 Å². The van der Waals surface area contributed by atoms with E-state index in [2.05, 4.69) is 44.4 Å². The second-order valence-electron chi connectivity index (χ2n) is 6.07. The Morgan fingerprint density at radius 1 is 1.13 bits per heavy atom. The summed E-state index contributed by atoms with van der Waals surface area (Å²) in [5, 5.41) is 6.65. The molecule has 31 heavy (non-hydrogen) atoms. The number of hydrogen-bond donors (Lipinski definition) is 2. The van der Waals surface area contributed by atoms with Gasteiger partial charge in [-0.2, -0.15) is 5.10 Å². The Morgan fingerprint density at radius 3 is 2.55 bits per heavy atom. The molecule has 0 aliphatic heterocycles. The van der Waals surface area contributed by atoms with E-state index in [0.717, 1.165) is 3.57 Å². The number of carbonyl (C=O) groups excluding carboxylic acids is 2. The molecule has 0 saturated heterocycles. The van der Waals surface area contributed by atoms with E-state index in [1.54, 1.807) is 30.3 Å². The Balaban J connectivity index is 1.87. The highest BCUT2D eigenvalue weighted by Crippen LogP contribution is 2.33. The van der Waals surface area contributed by atoms with Crippen molar-refractivity contribution in [3.05, 3.63) is 45.5 Å². The third-order valence-electron chi connectivity index (χ3n) is 3.91. The zero-order valence-electron chi connectivity index (χ0n) is 17.1. The number of terminal acetylenes is 1. The van der Waals surface area contributed by atoms with Crippen LogP contribution in [-0.2, 0) is 9.59 Å². The minimum atomic E-state index is -0.387. The first-order valence-electron chi connectivity index (χ1n) is 9.17. The highest BCUT2D eigenvalue weighted by atomic mass is 127. The van der Waals surface area contributed by atoms with E-state index >= 15 is 0 Å². The molecule has 2 aromatic carbocycles. The minimum Gasteiger partial charge on any atom is -0.495 e. The third-order valence-corrected chi connectivity index (χ3v) is 4.72. The van der Waals surface area contributed by atoms with Gasteiger partial charge >= 0.3 is 0 Å². The normalized spacial score (nSPS) is 10.3. The second-order valence-corrected chi connectivity index (χ2v) is 7.23. The van der Waals surface area contributed by atoms with E-state index < -0.39 is 0 Å². The Kier molecular flexibility index (Phi) is 9.64. The average Bonchev–Trinajstić information content (AvgIpc) is 2.77. The summed E-state index contributed by atoms with van der Waals surface area (Å²) in [4.78, 5) is 24.1. The molecule has 0 heterocycles. The van der Waals surface area contributed by atoms with E-state index in [-0.39, 0.29) is 31.3 Å². The van der Waals surface area contributed by atoms with Crippen LogP contribution in [0.1, 0.15) is 18.4 Å². The first-order valence-corrected chi connectivity index (χ1v) is 10.2. The van der Waals surface area contributed by atoms with Gasteiger partial charge in [-0.3, -0.25) is 9.59 Å². The number of hydrogen-bond acceptors (Lipinski definition) is 6. The molecule has 0 atom stereocenters. The van der Waals surface area contributed by atoms with Crippen molar-refractivity contribution in [2.45, 2.75) is 12.8 Å². The number of nitrogens with zero attached hydrogens (tertiary/aromatic N) is 1. The molecule has 0 saturated carbocycles. The Bertz CT molecular complexity index is 1000. The maximum absolute atomic E-state index is 12.1. The summed E-state index contributed by atoms with van der Waals surface area (Å²) in [7, 11) is 3.04. The van der Waals surface area contributed by atoms with Crippen molar-refractivity contribution in [1.82, 2.24) is 5.43 Å². The van der Waals surface area contributed by atoms with Crippen molar-refractivity contribution in [2.75, 3.05) is 26.1 Å². The Labute approximate surface area is 194 Å². The number of rotatable bonds is 10. The smallest absolute Gasteiger partial charge is 0.240 e. The molecule has 0 bridgehead atoms. The molecule has 0 aromatic heterocycles. The maximum Gasteiger partial charge on any atom is 0.240 e. The van der Waals surface area contributed by atoms with Crippen molar-refractivity contribution in [3.63, 3.8) is 0 Å². The SMILES string of the molecule is C#CCOc1c(I)cc(C=NNC(=O)CCC(=O)Nc2ccccc2OC)cc1OC. The summed E-state index contributed by atoms with van der Waals surface area (Å²) in [6, 6.07) is 10.6. The lowest BCUT2D eigenvalue weighted by Gasteiger charge is -2.11. The summed E-state index contributed by atoms with van der Waals surface area (Å²) >= 11 is 2.10. The molecule has 162 valence electrons. The van der Waals surface area contributed by atoms with Crippen molar-refractivity contribution in [1.29, 1.82) is 0 Å².